The van der Waals surface area contributed by atoms with E-state index in [-0.39, 0.29) is 18.9 Å². The summed E-state index contributed by atoms with van der Waals surface area (Å²) < 4.78 is 39.3. The molecule has 0 unspecified atom stereocenters. The van der Waals surface area contributed by atoms with Crippen LogP contribution in [0.4, 0.5) is 13.2 Å². The van der Waals surface area contributed by atoms with E-state index in [2.05, 4.69) is 0 Å². The van der Waals surface area contributed by atoms with Gasteiger partial charge >= 0.3 is 5.97 Å². The van der Waals surface area contributed by atoms with Crippen molar-refractivity contribution in [2.24, 2.45) is 0 Å². The molecule has 1 fully saturated rings. The molecule has 0 atom stereocenters. The lowest BCUT2D eigenvalue weighted by atomic mass is 9.94. The van der Waals surface area contributed by atoms with Crippen LogP contribution in [0.2, 0.25) is 0 Å². The van der Waals surface area contributed by atoms with Crippen LogP contribution in [0.3, 0.4) is 0 Å². The van der Waals surface area contributed by atoms with Gasteiger partial charge in [0, 0.05) is 6.07 Å². The van der Waals surface area contributed by atoms with Gasteiger partial charge in [0.05, 0.1) is 11.0 Å². The van der Waals surface area contributed by atoms with Crippen LogP contribution in [0.25, 0.3) is 0 Å². The number of aliphatic carboxylic acids is 1. The molecule has 1 saturated carbocycles. The molecular formula is C10H7F3O3. The van der Waals surface area contributed by atoms with E-state index in [0.29, 0.717) is 0 Å². The van der Waals surface area contributed by atoms with E-state index in [1.807, 2.05) is 0 Å². The van der Waals surface area contributed by atoms with Crippen molar-refractivity contribution in [1.82, 2.24) is 0 Å². The van der Waals surface area contributed by atoms with Crippen molar-refractivity contribution >= 4 is 5.97 Å². The quantitative estimate of drug-likeness (QED) is 0.766. The predicted molar refractivity (Wildman–Crippen MR) is 46.5 cm³/mol. The lowest BCUT2D eigenvalue weighted by Gasteiger charge is -2.14. The van der Waals surface area contributed by atoms with Crippen LogP contribution in [-0.2, 0) is 10.2 Å². The van der Waals surface area contributed by atoms with Crippen LogP contribution in [0.5, 0.6) is 5.75 Å². The summed E-state index contributed by atoms with van der Waals surface area (Å²) in [5.74, 6) is -6.89. The molecule has 0 aromatic heterocycles. The maximum atomic E-state index is 13.4. The Morgan fingerprint density at radius 2 is 1.81 bits per heavy atom. The third-order valence-electron chi connectivity index (χ3n) is 2.78. The molecule has 86 valence electrons. The van der Waals surface area contributed by atoms with Crippen molar-refractivity contribution in [3.05, 3.63) is 29.1 Å². The summed E-state index contributed by atoms with van der Waals surface area (Å²) in [6.07, 6.45) is 0.103. The number of carboxylic acids is 1. The molecule has 6 heteroatoms. The topological polar surface area (TPSA) is 57.5 Å². The Kier molecular flexibility index (Phi) is 2.11. The number of halogens is 3. The Balaban J connectivity index is 2.70. The van der Waals surface area contributed by atoms with Gasteiger partial charge in [-0.05, 0) is 12.8 Å². The van der Waals surface area contributed by atoms with Crippen molar-refractivity contribution in [3.63, 3.8) is 0 Å². The van der Waals surface area contributed by atoms with Crippen LogP contribution in [0.1, 0.15) is 18.4 Å². The Morgan fingerprint density at radius 3 is 2.25 bits per heavy atom. The van der Waals surface area contributed by atoms with Gasteiger partial charge in [-0.1, -0.05) is 0 Å². The van der Waals surface area contributed by atoms with Crippen LogP contribution >= 0.6 is 0 Å². The molecule has 0 radical (unpaired) electrons. The molecule has 3 nitrogen and oxygen atoms in total. The third-order valence-corrected chi connectivity index (χ3v) is 2.78. The van der Waals surface area contributed by atoms with Gasteiger partial charge in [0.1, 0.15) is 0 Å². The fourth-order valence-electron chi connectivity index (χ4n) is 1.72. The van der Waals surface area contributed by atoms with Crippen LogP contribution in [-0.4, -0.2) is 16.2 Å². The molecule has 1 aromatic carbocycles. The average Bonchev–Trinajstić information content (AvgIpc) is 2.97. The second-order valence-corrected chi connectivity index (χ2v) is 3.77. The van der Waals surface area contributed by atoms with Gasteiger partial charge in [-0.3, -0.25) is 4.79 Å². The normalized spacial score (nSPS) is 17.2. The number of benzene rings is 1. The first-order valence-electron chi connectivity index (χ1n) is 4.50. The van der Waals surface area contributed by atoms with Crippen molar-refractivity contribution in [2.45, 2.75) is 18.3 Å². The van der Waals surface area contributed by atoms with Gasteiger partial charge in [-0.15, -0.1) is 0 Å². The van der Waals surface area contributed by atoms with E-state index in [1.165, 1.54) is 0 Å². The van der Waals surface area contributed by atoms with Gasteiger partial charge < -0.3 is 10.2 Å². The lowest BCUT2D eigenvalue weighted by Crippen LogP contribution is -2.22. The van der Waals surface area contributed by atoms with E-state index < -0.39 is 40.1 Å². The first kappa shape index (κ1) is 10.8. The number of phenolic OH excluding ortho intramolecular Hbond substituents is 1. The summed E-state index contributed by atoms with van der Waals surface area (Å²) in [5, 5.41) is 18.1. The Labute approximate surface area is 88.1 Å². The number of rotatable bonds is 2. The highest BCUT2D eigenvalue weighted by Gasteiger charge is 2.55. The van der Waals surface area contributed by atoms with Crippen molar-refractivity contribution < 1.29 is 28.2 Å². The fourth-order valence-corrected chi connectivity index (χ4v) is 1.72. The molecule has 0 amide bonds. The smallest absolute Gasteiger partial charge is 0.314 e. The standard InChI is InChI=1S/C10H7F3O3/c11-4-3-5(12)8(14)6(7(4)13)10(1-2-10)9(15)16/h3,14H,1-2H2,(H,15,16). The molecular weight excluding hydrogens is 225 g/mol. The highest BCUT2D eigenvalue weighted by molar-refractivity contribution is 5.86. The van der Waals surface area contributed by atoms with Crippen LogP contribution < -0.4 is 0 Å². The number of carboxylic acid groups (broad SMARTS) is 1. The molecule has 1 aromatic rings. The van der Waals surface area contributed by atoms with Gasteiger partial charge in [0.25, 0.3) is 0 Å². The maximum Gasteiger partial charge on any atom is 0.314 e. The molecule has 2 rings (SSSR count). The highest BCUT2D eigenvalue weighted by Crippen LogP contribution is 2.53. The number of phenols is 1. The molecule has 0 saturated heterocycles. The van der Waals surface area contributed by atoms with Crippen molar-refractivity contribution in [3.8, 4) is 5.75 Å². The SMILES string of the molecule is O=C(O)C1(c2c(O)c(F)cc(F)c2F)CC1. The summed E-state index contributed by atoms with van der Waals surface area (Å²) in [5.41, 5.74) is -2.48. The number of hydrogen-bond donors (Lipinski definition) is 2. The van der Waals surface area contributed by atoms with E-state index in [1.54, 1.807) is 0 Å². The summed E-state index contributed by atoms with van der Waals surface area (Å²) in [7, 11) is 0. The minimum atomic E-state index is -1.68. The Hall–Kier alpha value is -1.72. The summed E-state index contributed by atoms with van der Waals surface area (Å²) >= 11 is 0. The van der Waals surface area contributed by atoms with Crippen LogP contribution in [0.15, 0.2) is 6.07 Å². The van der Waals surface area contributed by atoms with Crippen LogP contribution in [0, 0.1) is 17.5 Å². The van der Waals surface area contributed by atoms with E-state index in [0.717, 1.165) is 0 Å². The fraction of sp³-hybridized carbons (Fsp3) is 0.300. The van der Waals surface area contributed by atoms with E-state index in [4.69, 9.17) is 5.11 Å². The Morgan fingerprint density at radius 1 is 1.25 bits per heavy atom. The Bertz CT molecular complexity index is 454. The summed E-state index contributed by atoms with van der Waals surface area (Å²) in [6.45, 7) is 0. The van der Waals surface area contributed by atoms with Gasteiger partial charge in [0.15, 0.2) is 23.2 Å². The maximum absolute atomic E-state index is 13.4. The number of hydrogen-bond acceptors (Lipinski definition) is 2. The molecule has 1 aliphatic carbocycles. The first-order valence-corrected chi connectivity index (χ1v) is 4.50. The molecule has 0 spiro atoms. The van der Waals surface area contributed by atoms with E-state index >= 15 is 0 Å². The molecule has 1 aliphatic rings. The largest absolute Gasteiger partial charge is 0.505 e. The minimum Gasteiger partial charge on any atom is -0.505 e. The minimum absolute atomic E-state index is 0.0513. The molecule has 0 bridgehead atoms. The number of carbonyl (C=O) groups is 1. The second-order valence-electron chi connectivity index (χ2n) is 3.77. The second kappa shape index (κ2) is 3.13. The van der Waals surface area contributed by atoms with Crippen molar-refractivity contribution in [1.29, 1.82) is 0 Å². The summed E-state index contributed by atoms with van der Waals surface area (Å²) in [6, 6.07) is 0.187. The first-order chi connectivity index (χ1) is 7.40. The van der Waals surface area contributed by atoms with Crippen molar-refractivity contribution in [2.75, 3.05) is 0 Å². The lowest BCUT2D eigenvalue weighted by molar-refractivity contribution is -0.140. The number of aromatic hydroxyl groups is 1. The monoisotopic (exact) mass is 232 g/mol. The van der Waals surface area contributed by atoms with Gasteiger partial charge in [0.2, 0.25) is 0 Å². The van der Waals surface area contributed by atoms with E-state index in [9.17, 15) is 23.1 Å². The average molecular weight is 232 g/mol. The molecule has 16 heavy (non-hydrogen) atoms. The zero-order chi connectivity index (χ0) is 12.1. The zero-order valence-electron chi connectivity index (χ0n) is 7.93. The predicted octanol–water partition coefficient (Wildman–Crippen LogP) is 1.93. The molecule has 0 aliphatic heterocycles. The van der Waals surface area contributed by atoms with Gasteiger partial charge in [-0.2, -0.15) is 0 Å². The highest BCUT2D eigenvalue weighted by atomic mass is 19.2. The molecule has 2 N–H and O–H groups in total. The van der Waals surface area contributed by atoms with Gasteiger partial charge in [-0.25, -0.2) is 13.2 Å². The summed E-state index contributed by atoms with van der Waals surface area (Å²) in [4.78, 5) is 10.9. The zero-order valence-corrected chi connectivity index (χ0v) is 7.93. The third kappa shape index (κ3) is 1.26. The molecule has 0 heterocycles.